The molecule has 4 saturated carbocycles. The maximum atomic E-state index is 13.4. The van der Waals surface area contributed by atoms with Crippen molar-refractivity contribution in [1.82, 2.24) is 87.1 Å². The van der Waals surface area contributed by atoms with Crippen molar-refractivity contribution in [3.05, 3.63) is 316 Å². The molecule has 8 aromatic carbocycles. The third-order valence-corrected chi connectivity index (χ3v) is 29.7. The molecule has 27 heteroatoms. The van der Waals surface area contributed by atoms with E-state index in [0.717, 1.165) is 229 Å². The van der Waals surface area contributed by atoms with Crippen LogP contribution in [0.4, 0.5) is 0 Å². The smallest absolute Gasteiger partial charge is 0.251 e. The summed E-state index contributed by atoms with van der Waals surface area (Å²) in [4.78, 5) is 134. The molecule has 8 amide bonds. The summed E-state index contributed by atoms with van der Waals surface area (Å²) in [5.74, 6) is 2.61. The van der Waals surface area contributed by atoms with Crippen molar-refractivity contribution in [2.45, 2.75) is 254 Å². The highest BCUT2D eigenvalue weighted by Gasteiger charge is 2.42. The van der Waals surface area contributed by atoms with Gasteiger partial charge < -0.3 is 66.6 Å². The Hall–Kier alpha value is -13.8. The van der Waals surface area contributed by atoms with Crippen molar-refractivity contribution < 1.29 is 42.8 Å². The van der Waals surface area contributed by atoms with Gasteiger partial charge in [-0.05, 0) is 309 Å². The minimum atomic E-state index is -0.532. The molecule has 147 heavy (non-hydrogen) atoms. The minimum absolute atomic E-state index is 0.0191. The van der Waals surface area contributed by atoms with E-state index < -0.39 is 24.2 Å². The van der Waals surface area contributed by atoms with Crippen LogP contribution in [0.25, 0.3) is 34.1 Å². The number of aryl methyl sites for hydroxylation is 4. The Morgan fingerprint density at radius 1 is 0.333 bits per heavy atom. The summed E-state index contributed by atoms with van der Waals surface area (Å²) >= 11 is 0. The molecule has 4 aliphatic carbocycles. The molecule has 27 nitrogen and oxygen atoms in total. The van der Waals surface area contributed by atoms with Crippen LogP contribution in [0.2, 0.25) is 0 Å². The highest BCUT2D eigenvalue weighted by atomic mass is 16.3. The first-order chi connectivity index (χ1) is 71.8. The predicted octanol–water partition coefficient (Wildman–Crippen LogP) is 17.6. The van der Waals surface area contributed by atoms with Gasteiger partial charge in [0.25, 0.3) is 23.6 Å². The lowest BCUT2D eigenvalue weighted by Crippen LogP contribution is -2.50. The van der Waals surface area contributed by atoms with Crippen LogP contribution in [0.15, 0.2) is 248 Å². The summed E-state index contributed by atoms with van der Waals surface area (Å²) in [6.45, 7) is 17.9. The third kappa shape index (κ3) is 31.4. The summed E-state index contributed by atoms with van der Waals surface area (Å²) in [7, 11) is 0. The first-order valence-corrected chi connectivity index (χ1v) is 53.6. The van der Waals surface area contributed by atoms with E-state index in [1.165, 1.54) is 50.8 Å². The van der Waals surface area contributed by atoms with Crippen LogP contribution in [-0.4, -0.2) is 219 Å². The molecule has 19 rings (SSSR count). The lowest BCUT2D eigenvalue weighted by atomic mass is 10.0. The molecule has 0 bridgehead atoms. The fourth-order valence-corrected chi connectivity index (χ4v) is 20.4. The van der Waals surface area contributed by atoms with Gasteiger partial charge in [0.1, 0.15) is 30.4 Å². The number of nitriles is 1. The van der Waals surface area contributed by atoms with E-state index >= 15 is 0 Å². The number of piperidine rings is 4. The molecule has 8 aliphatic rings. The summed E-state index contributed by atoms with van der Waals surface area (Å²) in [5.41, 5.74) is 16.5. The van der Waals surface area contributed by atoms with E-state index in [4.69, 9.17) is 9.68 Å². The van der Waals surface area contributed by atoms with Crippen LogP contribution >= 0.6 is 0 Å². The van der Waals surface area contributed by atoms with E-state index in [9.17, 15) is 38.4 Å². The highest BCUT2D eigenvalue weighted by Crippen LogP contribution is 2.44. The van der Waals surface area contributed by atoms with E-state index in [1.54, 1.807) is 104 Å². The molecule has 4 aliphatic heterocycles. The maximum Gasteiger partial charge on any atom is 0.251 e. The average molecular weight is 1980 g/mol. The number of aromatic nitrogens is 5. The molecule has 768 valence electrons. The zero-order valence-electron chi connectivity index (χ0n) is 85.6. The number of hydrogen-bond acceptors (Lipinski definition) is 19. The highest BCUT2D eigenvalue weighted by molar-refractivity contribution is 6.00. The van der Waals surface area contributed by atoms with Crippen molar-refractivity contribution in [1.29, 1.82) is 5.26 Å². The van der Waals surface area contributed by atoms with Gasteiger partial charge in [-0.25, -0.2) is 15.0 Å². The minimum Gasteiger partial charge on any atom is -0.445 e. The normalized spacial score (nSPS) is 19.8. The predicted molar refractivity (Wildman–Crippen MR) is 573 cm³/mol. The van der Waals surface area contributed by atoms with Gasteiger partial charge in [-0.15, -0.1) is 0 Å². The molecular formula is C120H144N18O9. The molecule has 11 aromatic rings. The quantitative estimate of drug-likeness (QED) is 0.0166. The number of nitrogens with zero attached hydrogens (tertiary/aromatic N) is 10. The van der Waals surface area contributed by atoms with Crippen molar-refractivity contribution in [2.75, 3.05) is 78.5 Å². The molecule has 0 unspecified atom stereocenters. The van der Waals surface area contributed by atoms with Crippen molar-refractivity contribution in [3.8, 4) is 40.2 Å². The number of carbonyl (C=O) groups is 8. The summed E-state index contributed by atoms with van der Waals surface area (Å²) < 4.78 is 5.33. The van der Waals surface area contributed by atoms with E-state index in [2.05, 4.69) is 198 Å². The summed E-state index contributed by atoms with van der Waals surface area (Å²) in [6, 6.07) is 67.0. The Labute approximate surface area is 865 Å². The number of likely N-dealkylation sites (tertiary alicyclic amines) is 4. The van der Waals surface area contributed by atoms with Crippen LogP contribution in [0.1, 0.15) is 269 Å². The molecule has 8 N–H and O–H groups in total. The maximum absolute atomic E-state index is 13.4. The molecule has 8 fully saturated rings. The Kier molecular flexibility index (Phi) is 38.6. The lowest BCUT2D eigenvalue weighted by molar-refractivity contribution is -0.135. The lowest BCUT2D eigenvalue weighted by Gasteiger charge is -2.31. The van der Waals surface area contributed by atoms with Crippen molar-refractivity contribution >= 4 is 47.3 Å². The Morgan fingerprint density at radius 2 is 0.626 bits per heavy atom. The van der Waals surface area contributed by atoms with Gasteiger partial charge in [0.05, 0.1) is 29.7 Å². The number of nitrogens with one attached hydrogen (secondary N) is 8. The van der Waals surface area contributed by atoms with E-state index in [1.807, 2.05) is 56.0 Å². The number of rotatable bonds is 39. The molecule has 0 spiro atoms. The summed E-state index contributed by atoms with van der Waals surface area (Å²) in [6.07, 6.45) is 34.7. The first-order valence-electron chi connectivity index (χ1n) is 53.6. The fourth-order valence-electron chi connectivity index (χ4n) is 20.4. The Bertz CT molecular complexity index is 5900. The molecule has 4 saturated heterocycles. The van der Waals surface area contributed by atoms with Gasteiger partial charge in [-0.1, -0.05) is 144 Å². The van der Waals surface area contributed by atoms with Gasteiger partial charge in [-0.3, -0.25) is 48.3 Å². The van der Waals surface area contributed by atoms with Gasteiger partial charge in [0, 0.05) is 164 Å². The zero-order chi connectivity index (χ0) is 102. The molecule has 7 heterocycles. The van der Waals surface area contributed by atoms with E-state index in [-0.39, 0.29) is 47.3 Å². The number of benzene rings is 8. The molecule has 12 atom stereocenters. The second-order valence-electron chi connectivity index (χ2n) is 40.9. The number of oxazole rings is 1. The van der Waals surface area contributed by atoms with Crippen LogP contribution in [0.3, 0.4) is 0 Å². The number of hydrogen-bond donors (Lipinski definition) is 8. The number of amides is 8. The van der Waals surface area contributed by atoms with Crippen molar-refractivity contribution in [2.24, 2.45) is 0 Å². The molecular weight excluding hydrogens is 1840 g/mol. The van der Waals surface area contributed by atoms with Gasteiger partial charge in [-0.2, -0.15) is 5.26 Å². The van der Waals surface area contributed by atoms with Gasteiger partial charge >= 0.3 is 0 Å². The van der Waals surface area contributed by atoms with Crippen LogP contribution in [0.5, 0.6) is 0 Å². The van der Waals surface area contributed by atoms with Gasteiger partial charge in [0.2, 0.25) is 29.5 Å². The van der Waals surface area contributed by atoms with Gasteiger partial charge in [0.15, 0.2) is 5.82 Å². The largest absolute Gasteiger partial charge is 0.445 e. The Morgan fingerprint density at radius 3 is 0.905 bits per heavy atom. The van der Waals surface area contributed by atoms with Crippen LogP contribution in [0, 0.1) is 39.0 Å². The van der Waals surface area contributed by atoms with Crippen molar-refractivity contribution in [3.63, 3.8) is 0 Å². The number of carbonyl (C=O) groups excluding carboxylic acids is 8. The average Bonchev–Trinajstić information content (AvgIpc) is 1.67. The fraction of sp³-hybridized carbons (Fsp3) is 0.433. The zero-order valence-corrected chi connectivity index (χ0v) is 85.6. The second-order valence-corrected chi connectivity index (χ2v) is 40.9. The molecule has 0 radical (unpaired) electrons. The second kappa shape index (κ2) is 53.5. The van der Waals surface area contributed by atoms with E-state index in [0.29, 0.717) is 113 Å². The monoisotopic (exact) mass is 1980 g/mol. The topological polar surface area (TPSA) is 347 Å². The first kappa shape index (κ1) is 106. The molecule has 3 aromatic heterocycles. The standard InChI is InChI=1S/2C31H37N5O2.C30H36N4O3.C28H34N4O2/c1-22-8-10-23(11-9-22)26-21-28(26)32-16-5-7-27(31(38)36-19-3-2-4-20-36)35-30(37)25-14-12-24(13-15-25)29-33-17-6-18-34-29;1-22-7-9-23(10-8-22)26-20-28(26)33-15-5-6-27(31(38)36-18-3-2-4-19-36)35-30(37)25-13-11-24(12-14-25)29-21-32-16-17-34-29;1-21-7-9-22(10-8-21)25-20-27(25)31-15-5-6-26(30(36)34-17-3-2-4-18-34)33-28(35)23-11-13-24(14-12-23)29-32-16-19-37-29;1-20-7-11-22(12-8-20)24-18-26(24)30-15-5-6-25(28(34)32-16-3-2-4-17-32)31-27(33)23-13-9-21(19-29)10-14-23/h6,8-15,17-18,26-28,32H,2-5,7,16,19-21H2,1H3,(H,35,37);7-14,16-17,21,26-28,33H,2-6,15,18-20H2,1H3,(H,35,37);7-14,16,19,25-27,31H,2-6,15,17-18,20H2,1H3,(H,33,35);7-14,24-26,30H,2-6,15-18H2,1H3,(H,31,33)/t2*26-,27-,28+;25-,26-,27+;24-,25-,26+/m0000/s1. The van der Waals surface area contributed by atoms with Crippen LogP contribution in [-0.2, 0) is 19.2 Å². The summed E-state index contributed by atoms with van der Waals surface area (Å²) in [5, 5.41) is 35.6. The third-order valence-electron chi connectivity index (χ3n) is 29.7. The SMILES string of the molecule is Cc1ccc([C@@H]2C[C@H]2NCCC[C@H](NC(=O)c2ccc(-c3cnccn3)cc2)C(=O)N2CCCCC2)cc1.Cc1ccc([C@@H]2C[C@H]2NCCC[C@H](NC(=O)c2ccc(-c3ncccn3)cc2)C(=O)N2CCCCC2)cc1.Cc1ccc([C@@H]2C[C@H]2NCCC[C@H](NC(=O)c2ccc(-c3ncco3)cc2)C(=O)N2CCCCC2)cc1.Cc1ccc([C@@H]2C[C@H]2NCCC[C@H](NC(=O)c2ccc(C#N)cc2)C(=O)N2CCCCC2)cc1. The Balaban J connectivity index is 0.000000140. The van der Waals surface area contributed by atoms with Crippen LogP contribution < -0.4 is 42.5 Å².